The van der Waals surface area contributed by atoms with Crippen molar-refractivity contribution in [3.8, 4) is 0 Å². The van der Waals surface area contributed by atoms with Gasteiger partial charge in [0.2, 0.25) is 5.95 Å². The smallest absolute Gasteiger partial charge is 0.390 e. The fourth-order valence-electron chi connectivity index (χ4n) is 2.92. The summed E-state index contributed by atoms with van der Waals surface area (Å²) in [6.07, 6.45) is 1.25. The van der Waals surface area contributed by atoms with Crippen LogP contribution in [0.4, 0.5) is 30.5 Å². The molecule has 0 aliphatic heterocycles. The van der Waals surface area contributed by atoms with Gasteiger partial charge in [0.15, 0.2) is 0 Å². The van der Waals surface area contributed by atoms with Crippen LogP contribution in [0.3, 0.4) is 0 Å². The van der Waals surface area contributed by atoms with E-state index < -0.39 is 17.6 Å². The maximum Gasteiger partial charge on any atom is 0.416 e. The fourth-order valence-corrected chi connectivity index (χ4v) is 2.92. The molecule has 1 heterocycles. The number of benzene rings is 2. The Bertz CT molecular complexity index is 1270. The second-order valence-electron chi connectivity index (χ2n) is 7.04. The van der Waals surface area contributed by atoms with E-state index in [1.807, 2.05) is 6.92 Å². The average molecular weight is 466 g/mol. The summed E-state index contributed by atoms with van der Waals surface area (Å²) in [5.41, 5.74) is 7.28. The van der Waals surface area contributed by atoms with E-state index in [1.54, 1.807) is 36.5 Å². The Kier molecular flexibility index (Phi) is 7.42. The average Bonchev–Trinajstić information content (AvgIpc) is 2.81. The molecule has 3 aromatic rings. The highest BCUT2D eigenvalue weighted by Gasteiger charge is 2.30. The van der Waals surface area contributed by atoms with Gasteiger partial charge in [0, 0.05) is 34.9 Å². The van der Waals surface area contributed by atoms with E-state index in [-0.39, 0.29) is 11.5 Å². The van der Waals surface area contributed by atoms with Crippen molar-refractivity contribution in [2.45, 2.75) is 13.1 Å². The van der Waals surface area contributed by atoms with E-state index in [2.05, 4.69) is 32.2 Å². The Morgan fingerprint density at radius 1 is 1.18 bits per heavy atom. The first-order chi connectivity index (χ1) is 16.2. The van der Waals surface area contributed by atoms with E-state index in [9.17, 15) is 18.0 Å². The van der Waals surface area contributed by atoms with Gasteiger partial charge in [0.25, 0.3) is 5.91 Å². The van der Waals surface area contributed by atoms with Gasteiger partial charge in [-0.05, 0) is 48.9 Å². The quantitative estimate of drug-likeness (QED) is 0.249. The number of carbonyl (C=O) groups is 1. The maximum atomic E-state index is 13.0. The van der Waals surface area contributed by atoms with E-state index >= 15 is 0 Å². The molecule has 174 valence electrons. The van der Waals surface area contributed by atoms with Crippen LogP contribution in [-0.2, 0) is 6.18 Å². The molecule has 4 N–H and O–H groups in total. The van der Waals surface area contributed by atoms with Gasteiger partial charge in [0.1, 0.15) is 0 Å². The van der Waals surface area contributed by atoms with E-state index in [4.69, 9.17) is 5.73 Å². The first kappa shape index (κ1) is 24.2. The molecular weight excluding hydrogens is 445 g/mol. The van der Waals surface area contributed by atoms with Crippen molar-refractivity contribution in [2.24, 2.45) is 10.7 Å². The van der Waals surface area contributed by atoms with Crippen LogP contribution in [0.5, 0.6) is 0 Å². The van der Waals surface area contributed by atoms with Crippen molar-refractivity contribution >= 4 is 35.1 Å². The third-order valence-corrected chi connectivity index (χ3v) is 4.66. The van der Waals surface area contributed by atoms with Crippen molar-refractivity contribution in [2.75, 3.05) is 10.6 Å². The number of aryl methyl sites for hydroxylation is 1. The number of carbonyl (C=O) groups excluding carboxylic acids is 1. The molecule has 3 rings (SSSR count). The highest BCUT2D eigenvalue weighted by molar-refractivity contribution is 6.04. The molecule has 0 fully saturated rings. The number of amides is 1. The molecule has 0 unspecified atom stereocenters. The number of nitrogens with two attached hydrogens (primary N) is 1. The summed E-state index contributed by atoms with van der Waals surface area (Å²) in [5, 5.41) is 5.70. The summed E-state index contributed by atoms with van der Waals surface area (Å²) in [5.74, 6) is -0.383. The third kappa shape index (κ3) is 6.06. The van der Waals surface area contributed by atoms with Crippen LogP contribution in [0.15, 0.2) is 78.6 Å². The molecular formula is C24H21F3N6O. The number of hydrogen-bond donors (Lipinski definition) is 3. The molecule has 0 saturated carbocycles. The molecule has 0 radical (unpaired) electrons. The van der Waals surface area contributed by atoms with Crippen LogP contribution in [0.2, 0.25) is 0 Å². The van der Waals surface area contributed by atoms with Crippen molar-refractivity contribution < 1.29 is 18.0 Å². The predicted octanol–water partition coefficient (Wildman–Crippen LogP) is 5.31. The summed E-state index contributed by atoms with van der Waals surface area (Å²) in [6.45, 7) is 5.58. The number of rotatable bonds is 7. The minimum absolute atomic E-state index is 0.107. The first-order valence-corrected chi connectivity index (χ1v) is 9.97. The monoisotopic (exact) mass is 466 g/mol. The van der Waals surface area contributed by atoms with Crippen LogP contribution < -0.4 is 16.4 Å². The minimum Gasteiger partial charge on any atom is -0.390 e. The second-order valence-corrected chi connectivity index (χ2v) is 7.04. The number of aliphatic imine (C=N–C) groups is 1. The molecule has 7 nitrogen and oxygen atoms in total. The largest absolute Gasteiger partial charge is 0.416 e. The molecule has 2 aromatic carbocycles. The standard InChI is InChI=1S/C24H21F3N6O/c1-3-16(13-29-14-28)20-9-10-30-23(32-20)33-21-12-19(8-7-15(21)2)31-22(34)17-5-4-6-18(11-17)24(25,26)27/h3-14H,1H2,2H3,(H2,28,29)(H,31,34)(H,30,32,33)/b16-13+. The number of nitrogens with zero attached hydrogens (tertiary/aromatic N) is 3. The Labute approximate surface area is 194 Å². The molecule has 10 heteroatoms. The zero-order valence-corrected chi connectivity index (χ0v) is 18.1. The Morgan fingerprint density at radius 3 is 2.68 bits per heavy atom. The molecule has 0 aliphatic rings. The Hall–Kier alpha value is -4.47. The lowest BCUT2D eigenvalue weighted by molar-refractivity contribution is -0.137. The van der Waals surface area contributed by atoms with E-state index in [0.29, 0.717) is 22.6 Å². The van der Waals surface area contributed by atoms with Gasteiger partial charge >= 0.3 is 6.18 Å². The van der Waals surface area contributed by atoms with Gasteiger partial charge in [-0.15, -0.1) is 0 Å². The van der Waals surface area contributed by atoms with Gasteiger partial charge in [0.05, 0.1) is 17.6 Å². The van der Waals surface area contributed by atoms with Gasteiger partial charge in [-0.1, -0.05) is 24.8 Å². The zero-order chi connectivity index (χ0) is 24.7. The molecule has 0 saturated heterocycles. The fraction of sp³-hybridized carbons (Fsp3) is 0.0833. The molecule has 1 amide bonds. The summed E-state index contributed by atoms with van der Waals surface area (Å²) in [6, 6.07) is 10.9. The van der Waals surface area contributed by atoms with Crippen molar-refractivity contribution in [1.29, 1.82) is 0 Å². The van der Waals surface area contributed by atoms with Gasteiger partial charge < -0.3 is 16.4 Å². The summed E-state index contributed by atoms with van der Waals surface area (Å²) in [7, 11) is 0. The highest BCUT2D eigenvalue weighted by atomic mass is 19.4. The van der Waals surface area contributed by atoms with Gasteiger partial charge in [-0.25, -0.2) is 15.0 Å². The summed E-state index contributed by atoms with van der Waals surface area (Å²) >= 11 is 0. The number of anilines is 3. The maximum absolute atomic E-state index is 13.0. The minimum atomic E-state index is -4.54. The molecule has 1 aromatic heterocycles. The molecule has 0 aliphatic carbocycles. The van der Waals surface area contributed by atoms with Gasteiger partial charge in [-0.3, -0.25) is 4.79 Å². The number of aromatic nitrogens is 2. The van der Waals surface area contributed by atoms with Crippen molar-refractivity contribution in [3.63, 3.8) is 0 Å². The zero-order valence-electron chi connectivity index (χ0n) is 18.1. The van der Waals surface area contributed by atoms with E-state index in [0.717, 1.165) is 24.0 Å². The lowest BCUT2D eigenvalue weighted by atomic mass is 10.1. The Morgan fingerprint density at radius 2 is 1.97 bits per heavy atom. The van der Waals surface area contributed by atoms with Crippen molar-refractivity contribution in [3.05, 3.63) is 96.0 Å². The molecule has 0 bridgehead atoms. The number of allylic oxidation sites excluding steroid dienone is 2. The molecule has 34 heavy (non-hydrogen) atoms. The number of alkyl halides is 3. The van der Waals surface area contributed by atoms with Crippen LogP contribution in [0.1, 0.15) is 27.2 Å². The molecule has 0 atom stereocenters. The summed E-state index contributed by atoms with van der Waals surface area (Å²) < 4.78 is 38.9. The van der Waals surface area contributed by atoms with Crippen LogP contribution in [0.25, 0.3) is 5.57 Å². The molecule has 0 spiro atoms. The topological polar surface area (TPSA) is 105 Å². The summed E-state index contributed by atoms with van der Waals surface area (Å²) in [4.78, 5) is 25.0. The second kappa shape index (κ2) is 10.4. The number of halogens is 3. The predicted molar refractivity (Wildman–Crippen MR) is 127 cm³/mol. The number of hydrogen-bond acceptors (Lipinski definition) is 5. The third-order valence-electron chi connectivity index (χ3n) is 4.66. The lowest BCUT2D eigenvalue weighted by Gasteiger charge is -2.13. The highest BCUT2D eigenvalue weighted by Crippen LogP contribution is 2.30. The first-order valence-electron chi connectivity index (χ1n) is 9.97. The lowest BCUT2D eigenvalue weighted by Crippen LogP contribution is -2.14. The van der Waals surface area contributed by atoms with Gasteiger partial charge in [-0.2, -0.15) is 13.2 Å². The SMILES string of the molecule is C=C/C(=C\N=C/N)c1ccnc(Nc2cc(NC(=O)c3cccc(C(F)(F)F)c3)ccc2C)n1. The number of nitrogens with one attached hydrogen (secondary N) is 2. The van der Waals surface area contributed by atoms with Crippen molar-refractivity contribution in [1.82, 2.24) is 9.97 Å². The van der Waals surface area contributed by atoms with E-state index in [1.165, 1.54) is 18.3 Å². The van der Waals surface area contributed by atoms with Crippen LogP contribution in [-0.4, -0.2) is 22.2 Å². The normalized spacial score (nSPS) is 11.9. The van der Waals surface area contributed by atoms with Crippen LogP contribution in [0, 0.1) is 6.92 Å². The van der Waals surface area contributed by atoms with Crippen LogP contribution >= 0.6 is 0 Å². The Balaban J connectivity index is 1.82.